The Labute approximate surface area is 154 Å². The second kappa shape index (κ2) is 6.72. The van der Waals surface area contributed by atoms with Gasteiger partial charge in [0.2, 0.25) is 10.0 Å². The van der Waals surface area contributed by atoms with E-state index in [9.17, 15) is 8.42 Å². The summed E-state index contributed by atoms with van der Waals surface area (Å²) in [6.07, 6.45) is 2.45. The standard InChI is InChI=1S/C19H21ClN2O2S/c20-16-7-4-8-18(13-16)25(23,24)22-12-11-21(17-9-10-17)14-19(22)15-5-2-1-3-6-15/h1-8,13,17,19H,9-12,14H2. The SMILES string of the molecule is O=S(=O)(c1cccc(Cl)c1)N1CCN(C2CC2)CC1c1ccccc1. The Morgan fingerprint density at radius 3 is 2.40 bits per heavy atom. The number of piperazine rings is 1. The summed E-state index contributed by atoms with van der Waals surface area (Å²) < 4.78 is 28.2. The lowest BCUT2D eigenvalue weighted by Gasteiger charge is -2.41. The van der Waals surface area contributed by atoms with Crippen molar-refractivity contribution in [3.8, 4) is 0 Å². The molecule has 0 amide bonds. The van der Waals surface area contributed by atoms with Gasteiger partial charge in [0.25, 0.3) is 0 Å². The molecule has 0 radical (unpaired) electrons. The van der Waals surface area contributed by atoms with E-state index in [-0.39, 0.29) is 10.9 Å². The van der Waals surface area contributed by atoms with Crippen LogP contribution in [0.15, 0.2) is 59.5 Å². The van der Waals surface area contributed by atoms with Gasteiger partial charge in [0.15, 0.2) is 0 Å². The van der Waals surface area contributed by atoms with E-state index in [1.165, 1.54) is 18.9 Å². The maximum absolute atomic E-state index is 13.3. The van der Waals surface area contributed by atoms with E-state index in [0.29, 0.717) is 17.6 Å². The fourth-order valence-electron chi connectivity index (χ4n) is 3.56. The predicted molar refractivity (Wildman–Crippen MR) is 99.1 cm³/mol. The van der Waals surface area contributed by atoms with E-state index in [1.807, 2.05) is 30.3 Å². The van der Waals surface area contributed by atoms with E-state index in [2.05, 4.69) is 4.90 Å². The maximum Gasteiger partial charge on any atom is 0.243 e. The van der Waals surface area contributed by atoms with E-state index in [0.717, 1.165) is 18.7 Å². The Balaban J connectivity index is 1.70. The summed E-state index contributed by atoms with van der Waals surface area (Å²) in [5.41, 5.74) is 1.04. The van der Waals surface area contributed by atoms with E-state index in [4.69, 9.17) is 11.6 Å². The molecule has 1 aliphatic heterocycles. The fourth-order valence-corrected chi connectivity index (χ4v) is 5.45. The molecule has 0 aromatic heterocycles. The summed E-state index contributed by atoms with van der Waals surface area (Å²) in [5.74, 6) is 0. The molecule has 1 aliphatic carbocycles. The molecular weight excluding hydrogens is 356 g/mol. The molecule has 2 aromatic rings. The van der Waals surface area contributed by atoms with Crippen LogP contribution in [0, 0.1) is 0 Å². The largest absolute Gasteiger partial charge is 0.297 e. The smallest absolute Gasteiger partial charge is 0.243 e. The fraction of sp³-hybridized carbons (Fsp3) is 0.368. The molecule has 0 N–H and O–H groups in total. The van der Waals surface area contributed by atoms with Crippen LogP contribution in [0.4, 0.5) is 0 Å². The van der Waals surface area contributed by atoms with Gasteiger partial charge in [0, 0.05) is 30.7 Å². The first-order chi connectivity index (χ1) is 12.1. The van der Waals surface area contributed by atoms with Gasteiger partial charge in [-0.15, -0.1) is 0 Å². The molecule has 1 saturated carbocycles. The first-order valence-corrected chi connectivity index (χ1v) is 10.4. The molecule has 25 heavy (non-hydrogen) atoms. The second-order valence-corrected chi connectivity index (χ2v) is 9.05. The molecular formula is C19H21ClN2O2S. The lowest BCUT2D eigenvalue weighted by Crippen LogP contribution is -2.51. The molecule has 2 aliphatic rings. The molecule has 2 fully saturated rings. The van der Waals surface area contributed by atoms with Crippen molar-refractivity contribution in [2.75, 3.05) is 19.6 Å². The van der Waals surface area contributed by atoms with Gasteiger partial charge in [0.1, 0.15) is 0 Å². The molecule has 4 rings (SSSR count). The molecule has 0 spiro atoms. The average molecular weight is 377 g/mol. The minimum absolute atomic E-state index is 0.167. The summed E-state index contributed by atoms with van der Waals surface area (Å²) in [7, 11) is -3.59. The molecule has 1 heterocycles. The summed E-state index contributed by atoms with van der Waals surface area (Å²) in [5, 5.41) is 0.439. The van der Waals surface area contributed by atoms with Crippen molar-refractivity contribution in [3.63, 3.8) is 0 Å². The van der Waals surface area contributed by atoms with Crippen LogP contribution in [0.25, 0.3) is 0 Å². The van der Waals surface area contributed by atoms with E-state index in [1.54, 1.807) is 22.5 Å². The van der Waals surface area contributed by atoms with Crippen LogP contribution in [-0.4, -0.2) is 43.3 Å². The summed E-state index contributed by atoms with van der Waals surface area (Å²) in [4.78, 5) is 2.70. The molecule has 4 nitrogen and oxygen atoms in total. The van der Waals surface area contributed by atoms with Crippen LogP contribution in [0.1, 0.15) is 24.4 Å². The van der Waals surface area contributed by atoms with Crippen molar-refractivity contribution in [3.05, 3.63) is 65.2 Å². The lowest BCUT2D eigenvalue weighted by atomic mass is 10.0. The first-order valence-electron chi connectivity index (χ1n) is 8.62. The van der Waals surface area contributed by atoms with E-state index >= 15 is 0 Å². The van der Waals surface area contributed by atoms with Gasteiger partial charge in [-0.25, -0.2) is 8.42 Å². The third kappa shape index (κ3) is 3.47. The van der Waals surface area contributed by atoms with Crippen molar-refractivity contribution < 1.29 is 8.42 Å². The number of hydrogen-bond acceptors (Lipinski definition) is 3. The number of rotatable bonds is 4. The molecule has 1 unspecified atom stereocenters. The van der Waals surface area contributed by atoms with Gasteiger partial charge in [0.05, 0.1) is 10.9 Å². The minimum atomic E-state index is -3.59. The van der Waals surface area contributed by atoms with E-state index < -0.39 is 10.0 Å². The minimum Gasteiger partial charge on any atom is -0.297 e. The summed E-state index contributed by atoms with van der Waals surface area (Å²) in [6, 6.07) is 16.9. The maximum atomic E-state index is 13.3. The highest BCUT2D eigenvalue weighted by molar-refractivity contribution is 7.89. The Hall–Kier alpha value is -1.40. The number of sulfonamides is 1. The number of halogens is 1. The molecule has 0 bridgehead atoms. The van der Waals surface area contributed by atoms with Crippen LogP contribution in [0.3, 0.4) is 0 Å². The third-order valence-corrected chi connectivity index (χ3v) is 7.15. The highest BCUT2D eigenvalue weighted by atomic mass is 35.5. The second-order valence-electron chi connectivity index (χ2n) is 6.73. The van der Waals surface area contributed by atoms with Crippen LogP contribution in [0.5, 0.6) is 0 Å². The monoisotopic (exact) mass is 376 g/mol. The molecule has 1 saturated heterocycles. The number of hydrogen-bond donors (Lipinski definition) is 0. The normalized spacial score (nSPS) is 22.8. The predicted octanol–water partition coefficient (Wildman–Crippen LogP) is 3.55. The van der Waals surface area contributed by atoms with Crippen LogP contribution < -0.4 is 0 Å². The summed E-state index contributed by atoms with van der Waals surface area (Å²) in [6.45, 7) is 2.03. The molecule has 6 heteroatoms. The highest BCUT2D eigenvalue weighted by Crippen LogP contribution is 2.36. The van der Waals surface area contributed by atoms with Crippen molar-refractivity contribution in [2.24, 2.45) is 0 Å². The zero-order chi connectivity index (χ0) is 17.4. The average Bonchev–Trinajstić information content (AvgIpc) is 3.47. The highest BCUT2D eigenvalue weighted by Gasteiger charge is 2.41. The van der Waals surface area contributed by atoms with Gasteiger partial charge in [-0.1, -0.05) is 48.0 Å². The van der Waals surface area contributed by atoms with Crippen molar-refractivity contribution >= 4 is 21.6 Å². The van der Waals surface area contributed by atoms with Gasteiger partial charge in [-0.05, 0) is 36.6 Å². The lowest BCUT2D eigenvalue weighted by molar-refractivity contribution is 0.129. The number of nitrogens with zero attached hydrogens (tertiary/aromatic N) is 2. The van der Waals surface area contributed by atoms with Crippen LogP contribution >= 0.6 is 11.6 Å². The van der Waals surface area contributed by atoms with Gasteiger partial charge < -0.3 is 0 Å². The molecule has 2 aromatic carbocycles. The third-order valence-electron chi connectivity index (χ3n) is 5.01. The number of benzene rings is 2. The zero-order valence-corrected chi connectivity index (χ0v) is 15.5. The van der Waals surface area contributed by atoms with Gasteiger partial charge >= 0.3 is 0 Å². The Bertz CT molecular complexity index is 853. The van der Waals surface area contributed by atoms with Gasteiger partial charge in [-0.3, -0.25) is 4.90 Å². The van der Waals surface area contributed by atoms with Gasteiger partial charge in [-0.2, -0.15) is 4.31 Å². The van der Waals surface area contributed by atoms with Crippen molar-refractivity contribution in [1.82, 2.24) is 9.21 Å². The van der Waals surface area contributed by atoms with Crippen LogP contribution in [-0.2, 0) is 10.0 Å². The quantitative estimate of drug-likeness (QED) is 0.819. The Kier molecular flexibility index (Phi) is 4.58. The molecule has 132 valence electrons. The topological polar surface area (TPSA) is 40.6 Å². The van der Waals surface area contributed by atoms with Crippen molar-refractivity contribution in [1.29, 1.82) is 0 Å². The molecule has 1 atom stereocenters. The zero-order valence-electron chi connectivity index (χ0n) is 13.9. The first kappa shape index (κ1) is 17.0. The summed E-state index contributed by atoms with van der Waals surface area (Å²) >= 11 is 6.03. The Morgan fingerprint density at radius 2 is 1.72 bits per heavy atom. The van der Waals surface area contributed by atoms with Crippen molar-refractivity contribution in [2.45, 2.75) is 29.8 Å². The Morgan fingerprint density at radius 1 is 0.960 bits per heavy atom. The van der Waals surface area contributed by atoms with Crippen LogP contribution in [0.2, 0.25) is 5.02 Å².